The first-order chi connectivity index (χ1) is 21.3. The van der Waals surface area contributed by atoms with Gasteiger partial charge in [0.05, 0.1) is 50.4 Å². The molecule has 43 heavy (non-hydrogen) atoms. The zero-order valence-corrected chi connectivity index (χ0v) is 23.0. The van der Waals surface area contributed by atoms with Crippen LogP contribution in [0.4, 0.5) is 0 Å². The summed E-state index contributed by atoms with van der Waals surface area (Å²) in [7, 11) is 0. The molecule has 5 heteroatoms. The summed E-state index contributed by atoms with van der Waals surface area (Å²) in [4.78, 5) is 5.08. The van der Waals surface area contributed by atoms with Gasteiger partial charge in [-0.15, -0.1) is 0 Å². The Morgan fingerprint density at radius 1 is 0.535 bits per heavy atom. The van der Waals surface area contributed by atoms with Crippen molar-refractivity contribution in [3.8, 4) is 28.6 Å². The first kappa shape index (κ1) is 23.6. The first-order valence-corrected chi connectivity index (χ1v) is 14.3. The molecule has 0 amide bonds. The molecule has 0 fully saturated rings. The number of hydrogen-bond acceptors (Lipinski definition) is 2. The van der Waals surface area contributed by atoms with E-state index in [4.69, 9.17) is 4.98 Å². The number of hydrogen-bond donors (Lipinski definition) is 0. The summed E-state index contributed by atoms with van der Waals surface area (Å²) in [6, 6.07) is 50.6. The van der Waals surface area contributed by atoms with E-state index in [9.17, 15) is 5.26 Å². The molecule has 6 aromatic carbocycles. The van der Waals surface area contributed by atoms with Gasteiger partial charge in [-0.2, -0.15) is 5.26 Å². The van der Waals surface area contributed by atoms with Crippen LogP contribution in [0.3, 0.4) is 0 Å². The lowest BCUT2D eigenvalue weighted by Crippen LogP contribution is -2.01. The van der Waals surface area contributed by atoms with Gasteiger partial charge in [-0.25, -0.2) is 4.98 Å². The predicted molar refractivity (Wildman–Crippen MR) is 174 cm³/mol. The van der Waals surface area contributed by atoms with Crippen LogP contribution >= 0.6 is 0 Å². The van der Waals surface area contributed by atoms with Crippen molar-refractivity contribution in [1.82, 2.24) is 18.5 Å². The van der Waals surface area contributed by atoms with Gasteiger partial charge in [0.2, 0.25) is 5.78 Å². The van der Waals surface area contributed by atoms with Gasteiger partial charge in [0.25, 0.3) is 0 Å². The lowest BCUT2D eigenvalue weighted by Gasteiger charge is -2.16. The zero-order chi connectivity index (χ0) is 28.5. The van der Waals surface area contributed by atoms with Gasteiger partial charge in [-0.3, -0.25) is 8.97 Å². The molecule has 5 nitrogen and oxygen atoms in total. The number of benzene rings is 6. The fourth-order valence-corrected chi connectivity index (χ4v) is 6.71. The minimum Gasteiger partial charge on any atom is -0.309 e. The predicted octanol–water partition coefficient (Wildman–Crippen LogP) is 9.07. The summed E-state index contributed by atoms with van der Waals surface area (Å²) >= 11 is 0. The highest BCUT2D eigenvalue weighted by molar-refractivity contribution is 6.09. The molecular formula is C38H23N5. The lowest BCUT2D eigenvalue weighted by molar-refractivity contribution is 1.11. The Morgan fingerprint density at radius 3 is 1.91 bits per heavy atom. The highest BCUT2D eigenvalue weighted by atomic mass is 15.2. The number of rotatable bonds is 3. The number of imidazole rings is 2. The number of para-hydroxylation sites is 6. The Hall–Kier alpha value is -6.12. The van der Waals surface area contributed by atoms with E-state index in [1.165, 1.54) is 10.8 Å². The molecule has 0 aliphatic rings. The summed E-state index contributed by atoms with van der Waals surface area (Å²) in [6.45, 7) is 0. The lowest BCUT2D eigenvalue weighted by atomic mass is 9.97. The highest BCUT2D eigenvalue weighted by Crippen LogP contribution is 2.38. The van der Waals surface area contributed by atoms with Gasteiger partial charge in [0, 0.05) is 22.0 Å². The maximum Gasteiger partial charge on any atom is 0.220 e. The molecular weight excluding hydrogens is 526 g/mol. The summed E-state index contributed by atoms with van der Waals surface area (Å²) in [5.41, 5.74) is 10.8. The fourth-order valence-electron chi connectivity index (χ4n) is 6.71. The third-order valence-electron chi connectivity index (χ3n) is 8.48. The molecule has 3 heterocycles. The summed E-state index contributed by atoms with van der Waals surface area (Å²) in [5.74, 6) is 0.817. The summed E-state index contributed by atoms with van der Waals surface area (Å²) in [5, 5.41) is 12.8. The molecule has 0 N–H and O–H groups in total. The van der Waals surface area contributed by atoms with E-state index in [2.05, 4.69) is 129 Å². The van der Waals surface area contributed by atoms with Crippen molar-refractivity contribution < 1.29 is 0 Å². The molecule has 0 spiro atoms. The minimum atomic E-state index is 0.615. The van der Waals surface area contributed by atoms with Crippen molar-refractivity contribution in [3.05, 3.63) is 145 Å². The molecule has 9 rings (SSSR count). The van der Waals surface area contributed by atoms with E-state index >= 15 is 0 Å². The van der Waals surface area contributed by atoms with Crippen LogP contribution in [0.25, 0.3) is 72.2 Å². The Bertz CT molecular complexity index is 2530. The van der Waals surface area contributed by atoms with Crippen LogP contribution in [0.2, 0.25) is 0 Å². The van der Waals surface area contributed by atoms with Crippen LogP contribution in [0.5, 0.6) is 0 Å². The van der Waals surface area contributed by atoms with Crippen LogP contribution in [0.1, 0.15) is 5.56 Å². The Labute approximate surface area is 246 Å². The molecule has 0 atom stereocenters. The van der Waals surface area contributed by atoms with Crippen molar-refractivity contribution in [2.24, 2.45) is 0 Å². The quantitative estimate of drug-likeness (QED) is 0.221. The Kier molecular flexibility index (Phi) is 4.90. The Balaban J connectivity index is 1.35. The second kappa shape index (κ2) is 8.94. The second-order valence-electron chi connectivity index (χ2n) is 10.8. The number of nitriles is 1. The van der Waals surface area contributed by atoms with E-state index in [-0.39, 0.29) is 0 Å². The monoisotopic (exact) mass is 549 g/mol. The third kappa shape index (κ3) is 3.29. The van der Waals surface area contributed by atoms with Crippen LogP contribution in [-0.2, 0) is 0 Å². The van der Waals surface area contributed by atoms with E-state index < -0.39 is 0 Å². The zero-order valence-electron chi connectivity index (χ0n) is 23.0. The van der Waals surface area contributed by atoms with Gasteiger partial charge >= 0.3 is 0 Å². The topological polar surface area (TPSA) is 50.9 Å². The average molecular weight is 550 g/mol. The van der Waals surface area contributed by atoms with Crippen LogP contribution in [0, 0.1) is 11.3 Å². The van der Waals surface area contributed by atoms with Gasteiger partial charge in [0.1, 0.15) is 0 Å². The van der Waals surface area contributed by atoms with Crippen molar-refractivity contribution >= 4 is 49.7 Å². The second-order valence-corrected chi connectivity index (χ2v) is 10.8. The van der Waals surface area contributed by atoms with Crippen molar-refractivity contribution in [2.45, 2.75) is 0 Å². The smallest absolute Gasteiger partial charge is 0.220 e. The molecule has 0 saturated carbocycles. The van der Waals surface area contributed by atoms with Crippen molar-refractivity contribution in [1.29, 1.82) is 5.26 Å². The van der Waals surface area contributed by atoms with Crippen molar-refractivity contribution in [3.63, 3.8) is 0 Å². The SMILES string of the molecule is N#Cc1cccc(-n2c3ccccc3n3c4ccccc4nc23)c1-c1cccc(-n2c3ccccc3c3ccccc32)c1. The van der Waals surface area contributed by atoms with Crippen LogP contribution in [-0.4, -0.2) is 18.5 Å². The van der Waals surface area contributed by atoms with Crippen LogP contribution in [0.15, 0.2) is 140 Å². The molecule has 0 bridgehead atoms. The minimum absolute atomic E-state index is 0.615. The van der Waals surface area contributed by atoms with Gasteiger partial charge in [0.15, 0.2) is 0 Å². The van der Waals surface area contributed by atoms with Gasteiger partial charge < -0.3 is 4.57 Å². The molecule has 3 aromatic heterocycles. The number of aromatic nitrogens is 4. The third-order valence-corrected chi connectivity index (χ3v) is 8.48. The van der Waals surface area contributed by atoms with Crippen molar-refractivity contribution in [2.75, 3.05) is 0 Å². The first-order valence-electron chi connectivity index (χ1n) is 14.3. The van der Waals surface area contributed by atoms with Gasteiger partial charge in [-0.05, 0) is 66.2 Å². The molecule has 0 aliphatic carbocycles. The molecule has 0 aliphatic heterocycles. The van der Waals surface area contributed by atoms with Gasteiger partial charge in [-0.1, -0.05) is 78.9 Å². The number of fused-ring (bicyclic) bond motifs is 8. The van der Waals surface area contributed by atoms with E-state index in [1.54, 1.807) is 0 Å². The van der Waals surface area contributed by atoms with E-state index in [0.717, 1.165) is 61.4 Å². The maximum atomic E-state index is 10.4. The van der Waals surface area contributed by atoms with E-state index in [0.29, 0.717) is 5.56 Å². The normalized spacial score (nSPS) is 11.7. The van der Waals surface area contributed by atoms with Crippen LogP contribution < -0.4 is 0 Å². The largest absolute Gasteiger partial charge is 0.309 e. The molecule has 200 valence electrons. The highest BCUT2D eigenvalue weighted by Gasteiger charge is 2.21. The average Bonchev–Trinajstić information content (AvgIpc) is 3.71. The molecule has 0 radical (unpaired) electrons. The Morgan fingerprint density at radius 2 is 1.16 bits per heavy atom. The summed E-state index contributed by atoms with van der Waals surface area (Å²) < 4.78 is 6.72. The maximum absolute atomic E-state index is 10.4. The molecule has 0 unspecified atom stereocenters. The number of nitrogens with zero attached hydrogens (tertiary/aromatic N) is 5. The van der Waals surface area contributed by atoms with E-state index in [1.807, 2.05) is 30.3 Å². The molecule has 0 saturated heterocycles. The fraction of sp³-hybridized carbons (Fsp3) is 0. The summed E-state index contributed by atoms with van der Waals surface area (Å²) in [6.07, 6.45) is 0. The molecule has 9 aromatic rings. The standard InChI is InChI=1S/C38H23N5/c39-24-26-12-10-22-36(43-35-21-8-7-20-34(35)42-33-19-6-3-16-30(33)40-38(42)43)37(26)25-11-9-13-27(23-25)41-31-17-4-1-14-28(31)29-15-2-5-18-32(29)41/h1-23H.